The Hall–Kier alpha value is -1.68. The van der Waals surface area contributed by atoms with Gasteiger partial charge in [0.05, 0.1) is 6.26 Å². The zero-order chi connectivity index (χ0) is 12.4. The molecule has 2 rings (SSSR count). The van der Waals surface area contributed by atoms with E-state index in [1.165, 1.54) is 0 Å². The summed E-state index contributed by atoms with van der Waals surface area (Å²) in [6, 6.07) is 1.92. The van der Waals surface area contributed by atoms with Gasteiger partial charge in [-0.2, -0.15) is 0 Å². The minimum atomic E-state index is 0.669. The Morgan fingerprint density at radius 3 is 2.29 bits per heavy atom. The van der Waals surface area contributed by atoms with Crippen molar-refractivity contribution in [2.45, 2.75) is 27.3 Å². The lowest BCUT2D eigenvalue weighted by molar-refractivity contribution is 0.574. The highest BCUT2D eigenvalue weighted by atomic mass is 16.3. The molecule has 4 nitrogen and oxygen atoms in total. The van der Waals surface area contributed by atoms with Crippen LogP contribution in [-0.2, 0) is 6.54 Å². The molecule has 17 heavy (non-hydrogen) atoms. The number of aryl methyl sites for hydroxylation is 3. The number of nitrogens with one attached hydrogen (secondary N) is 1. The van der Waals surface area contributed by atoms with Crippen molar-refractivity contribution in [3.63, 3.8) is 0 Å². The zero-order valence-corrected chi connectivity index (χ0v) is 10.7. The van der Waals surface area contributed by atoms with Crippen LogP contribution in [0.4, 0.5) is 0 Å². The highest BCUT2D eigenvalue weighted by molar-refractivity contribution is 5.53. The summed E-state index contributed by atoms with van der Waals surface area (Å²) in [6.07, 6.45) is 1.67. The quantitative estimate of drug-likeness (QED) is 0.881. The second-order valence-corrected chi connectivity index (χ2v) is 4.16. The molecule has 0 amide bonds. The first kappa shape index (κ1) is 11.8. The van der Waals surface area contributed by atoms with Crippen molar-refractivity contribution in [1.82, 2.24) is 15.3 Å². The summed E-state index contributed by atoms with van der Waals surface area (Å²) in [5.41, 5.74) is 4.21. The molecular weight excluding hydrogens is 214 g/mol. The number of hydrogen-bond donors (Lipinski definition) is 1. The standard InChI is InChI=1S/C13H17N3O/c1-8-5-6-17-12(8)13-15-9(2)11(7-14-4)10(3)16-13/h5-6,14H,7H2,1-4H3. The topological polar surface area (TPSA) is 51.0 Å². The van der Waals surface area contributed by atoms with Gasteiger partial charge in [-0.05, 0) is 39.4 Å². The first-order valence-electron chi connectivity index (χ1n) is 5.66. The van der Waals surface area contributed by atoms with E-state index in [4.69, 9.17) is 4.42 Å². The SMILES string of the molecule is CNCc1c(C)nc(-c2occc2C)nc1C. The zero-order valence-electron chi connectivity index (χ0n) is 10.7. The average molecular weight is 231 g/mol. The smallest absolute Gasteiger partial charge is 0.196 e. The van der Waals surface area contributed by atoms with E-state index in [2.05, 4.69) is 15.3 Å². The molecule has 2 heterocycles. The fourth-order valence-corrected chi connectivity index (χ4v) is 1.88. The Kier molecular flexibility index (Phi) is 3.24. The van der Waals surface area contributed by atoms with Crippen LogP contribution in [0.5, 0.6) is 0 Å². The Morgan fingerprint density at radius 2 is 1.82 bits per heavy atom. The number of furan rings is 1. The first-order chi connectivity index (χ1) is 8.13. The molecule has 0 aliphatic rings. The van der Waals surface area contributed by atoms with Gasteiger partial charge < -0.3 is 9.73 Å². The molecule has 0 spiro atoms. The second kappa shape index (κ2) is 4.67. The lowest BCUT2D eigenvalue weighted by Crippen LogP contribution is -2.11. The van der Waals surface area contributed by atoms with Crippen molar-refractivity contribution in [3.05, 3.63) is 34.8 Å². The van der Waals surface area contributed by atoms with Gasteiger partial charge in [0.2, 0.25) is 0 Å². The average Bonchev–Trinajstić information content (AvgIpc) is 2.69. The molecule has 0 radical (unpaired) electrons. The molecule has 0 unspecified atom stereocenters. The summed E-state index contributed by atoms with van der Waals surface area (Å²) in [6.45, 7) is 6.79. The summed E-state index contributed by atoms with van der Waals surface area (Å²) in [7, 11) is 1.92. The molecule has 90 valence electrons. The van der Waals surface area contributed by atoms with E-state index in [1.807, 2.05) is 33.9 Å². The molecule has 0 aliphatic heterocycles. The van der Waals surface area contributed by atoms with Crippen LogP contribution in [0.3, 0.4) is 0 Å². The molecule has 0 bridgehead atoms. The van der Waals surface area contributed by atoms with Crippen LogP contribution >= 0.6 is 0 Å². The Balaban J connectivity index is 2.49. The molecular formula is C13H17N3O. The van der Waals surface area contributed by atoms with Crippen LogP contribution < -0.4 is 5.32 Å². The predicted octanol–water partition coefficient (Wildman–Crippen LogP) is 2.38. The molecule has 0 fully saturated rings. The fraction of sp³-hybridized carbons (Fsp3) is 0.385. The lowest BCUT2D eigenvalue weighted by Gasteiger charge is -2.09. The summed E-state index contributed by atoms with van der Waals surface area (Å²) in [4.78, 5) is 9.02. The van der Waals surface area contributed by atoms with Crippen LogP contribution in [0, 0.1) is 20.8 Å². The number of hydrogen-bond acceptors (Lipinski definition) is 4. The van der Waals surface area contributed by atoms with Crippen LogP contribution in [-0.4, -0.2) is 17.0 Å². The van der Waals surface area contributed by atoms with E-state index >= 15 is 0 Å². The van der Waals surface area contributed by atoms with Crippen molar-refractivity contribution >= 4 is 0 Å². The van der Waals surface area contributed by atoms with E-state index in [-0.39, 0.29) is 0 Å². The summed E-state index contributed by atoms with van der Waals surface area (Å²) in [5.74, 6) is 1.43. The third-order valence-electron chi connectivity index (χ3n) is 2.84. The maximum absolute atomic E-state index is 5.42. The van der Waals surface area contributed by atoms with Gasteiger partial charge in [-0.1, -0.05) is 0 Å². The number of rotatable bonds is 3. The van der Waals surface area contributed by atoms with Crippen LogP contribution in [0.2, 0.25) is 0 Å². The molecule has 0 aromatic carbocycles. The van der Waals surface area contributed by atoms with Gasteiger partial charge in [-0.25, -0.2) is 9.97 Å². The Labute approximate surface area is 101 Å². The highest BCUT2D eigenvalue weighted by Crippen LogP contribution is 2.22. The molecule has 2 aromatic heterocycles. The van der Waals surface area contributed by atoms with E-state index in [9.17, 15) is 0 Å². The van der Waals surface area contributed by atoms with Crippen molar-refractivity contribution in [3.8, 4) is 11.6 Å². The van der Waals surface area contributed by atoms with Crippen molar-refractivity contribution < 1.29 is 4.42 Å². The monoisotopic (exact) mass is 231 g/mol. The van der Waals surface area contributed by atoms with Crippen molar-refractivity contribution in [1.29, 1.82) is 0 Å². The lowest BCUT2D eigenvalue weighted by atomic mass is 10.1. The van der Waals surface area contributed by atoms with Crippen LogP contribution in [0.25, 0.3) is 11.6 Å². The molecule has 0 saturated heterocycles. The third kappa shape index (κ3) is 2.22. The molecule has 0 aliphatic carbocycles. The summed E-state index contributed by atoms with van der Waals surface area (Å²) >= 11 is 0. The van der Waals surface area contributed by atoms with Gasteiger partial charge in [0.1, 0.15) is 0 Å². The van der Waals surface area contributed by atoms with Crippen molar-refractivity contribution in [2.24, 2.45) is 0 Å². The summed E-state index contributed by atoms with van der Waals surface area (Å²) < 4.78 is 5.42. The van der Waals surface area contributed by atoms with Gasteiger partial charge in [0.25, 0.3) is 0 Å². The first-order valence-corrected chi connectivity index (χ1v) is 5.66. The minimum absolute atomic E-state index is 0.669. The number of aromatic nitrogens is 2. The van der Waals surface area contributed by atoms with Gasteiger partial charge in [0, 0.05) is 23.5 Å². The van der Waals surface area contributed by atoms with E-state index < -0.39 is 0 Å². The predicted molar refractivity (Wildman–Crippen MR) is 66.7 cm³/mol. The Morgan fingerprint density at radius 1 is 1.18 bits per heavy atom. The molecule has 1 N–H and O–H groups in total. The third-order valence-corrected chi connectivity index (χ3v) is 2.84. The van der Waals surface area contributed by atoms with E-state index in [1.54, 1.807) is 6.26 Å². The largest absolute Gasteiger partial charge is 0.461 e. The minimum Gasteiger partial charge on any atom is -0.461 e. The molecule has 2 aromatic rings. The van der Waals surface area contributed by atoms with Gasteiger partial charge >= 0.3 is 0 Å². The van der Waals surface area contributed by atoms with E-state index in [0.29, 0.717) is 5.82 Å². The van der Waals surface area contributed by atoms with Crippen molar-refractivity contribution in [2.75, 3.05) is 7.05 Å². The maximum Gasteiger partial charge on any atom is 0.196 e. The van der Waals surface area contributed by atoms with E-state index in [0.717, 1.165) is 34.8 Å². The van der Waals surface area contributed by atoms with Crippen LogP contribution in [0.1, 0.15) is 22.5 Å². The van der Waals surface area contributed by atoms with Gasteiger partial charge in [-0.3, -0.25) is 0 Å². The normalized spacial score (nSPS) is 10.8. The fourth-order valence-electron chi connectivity index (χ4n) is 1.88. The highest BCUT2D eigenvalue weighted by Gasteiger charge is 2.13. The molecule has 0 atom stereocenters. The summed E-state index contributed by atoms with van der Waals surface area (Å²) in [5, 5.41) is 3.13. The second-order valence-electron chi connectivity index (χ2n) is 4.16. The Bertz CT molecular complexity index is 508. The van der Waals surface area contributed by atoms with Crippen LogP contribution in [0.15, 0.2) is 16.7 Å². The molecule has 0 saturated carbocycles. The van der Waals surface area contributed by atoms with Gasteiger partial charge in [0.15, 0.2) is 11.6 Å². The maximum atomic E-state index is 5.42. The number of nitrogens with zero attached hydrogens (tertiary/aromatic N) is 2. The molecule has 4 heteroatoms. The van der Waals surface area contributed by atoms with Gasteiger partial charge in [-0.15, -0.1) is 0 Å².